The Hall–Kier alpha value is -2.30. The number of aromatic nitrogens is 2. The number of hydrogen-bond donors (Lipinski definition) is 1. The van der Waals surface area contributed by atoms with Crippen molar-refractivity contribution in [2.75, 3.05) is 25.6 Å². The Morgan fingerprint density at radius 1 is 1.06 bits per heavy atom. The summed E-state index contributed by atoms with van der Waals surface area (Å²) in [5.74, 6) is 2.06. The highest BCUT2D eigenvalue weighted by Gasteiger charge is 1.97. The molecule has 0 bridgehead atoms. The van der Waals surface area contributed by atoms with Gasteiger partial charge in [0.05, 0.1) is 26.0 Å². The molecule has 1 heterocycles. The van der Waals surface area contributed by atoms with Gasteiger partial charge in [0, 0.05) is 0 Å². The molecule has 5 heteroatoms. The van der Waals surface area contributed by atoms with Gasteiger partial charge >= 0.3 is 0 Å². The molecule has 94 valence electrons. The van der Waals surface area contributed by atoms with Crippen LogP contribution < -0.4 is 14.8 Å². The molecule has 0 amide bonds. The maximum atomic E-state index is 5.53. The van der Waals surface area contributed by atoms with Crippen molar-refractivity contribution < 1.29 is 9.47 Å². The molecule has 0 aliphatic rings. The number of methoxy groups -OCH3 is 1. The average molecular weight is 245 g/mol. The monoisotopic (exact) mass is 245 g/mol. The van der Waals surface area contributed by atoms with E-state index in [0.29, 0.717) is 24.8 Å². The zero-order valence-corrected chi connectivity index (χ0v) is 10.2. The lowest BCUT2D eigenvalue weighted by Gasteiger charge is -2.07. The zero-order chi connectivity index (χ0) is 12.6. The molecule has 0 spiro atoms. The number of nitrogens with one attached hydrogen (secondary N) is 1. The molecule has 1 aromatic heterocycles. The Bertz CT molecular complexity index is 459. The topological polar surface area (TPSA) is 56.3 Å². The van der Waals surface area contributed by atoms with Crippen molar-refractivity contribution in [2.45, 2.75) is 0 Å². The molecule has 0 saturated carbocycles. The van der Waals surface area contributed by atoms with Crippen molar-refractivity contribution in [1.29, 1.82) is 0 Å². The normalized spacial score (nSPS) is 9.83. The van der Waals surface area contributed by atoms with E-state index in [9.17, 15) is 0 Å². The summed E-state index contributed by atoms with van der Waals surface area (Å²) < 4.78 is 10.5. The highest BCUT2D eigenvalue weighted by molar-refractivity contribution is 5.27. The minimum atomic E-state index is 0.555. The third-order valence-electron chi connectivity index (χ3n) is 2.26. The minimum Gasteiger partial charge on any atom is -0.494 e. The summed E-state index contributed by atoms with van der Waals surface area (Å²) in [6.07, 6.45) is 3.24. The Labute approximate surface area is 106 Å². The molecular formula is C13H15N3O2. The molecule has 0 aliphatic heterocycles. The lowest BCUT2D eigenvalue weighted by atomic mass is 10.3. The lowest BCUT2D eigenvalue weighted by Crippen LogP contribution is -2.13. The van der Waals surface area contributed by atoms with Gasteiger partial charge in [-0.1, -0.05) is 18.2 Å². The molecule has 0 unspecified atom stereocenters. The van der Waals surface area contributed by atoms with Crippen molar-refractivity contribution in [3.05, 3.63) is 42.7 Å². The fourth-order valence-electron chi connectivity index (χ4n) is 1.36. The van der Waals surface area contributed by atoms with E-state index in [1.165, 1.54) is 0 Å². The SMILES string of the molecule is COc1cnc(NCCOc2ccccc2)nc1. The number of benzene rings is 1. The van der Waals surface area contributed by atoms with Crippen LogP contribution in [0.4, 0.5) is 5.95 Å². The Kier molecular flexibility index (Phi) is 4.35. The lowest BCUT2D eigenvalue weighted by molar-refractivity contribution is 0.332. The van der Waals surface area contributed by atoms with Gasteiger partial charge < -0.3 is 14.8 Å². The molecule has 0 aliphatic carbocycles. The summed E-state index contributed by atoms with van der Waals surface area (Å²) in [6, 6.07) is 9.68. The van der Waals surface area contributed by atoms with Gasteiger partial charge in [0.1, 0.15) is 12.4 Å². The van der Waals surface area contributed by atoms with Crippen LogP contribution in [0.1, 0.15) is 0 Å². The van der Waals surface area contributed by atoms with Crippen LogP contribution in [0.25, 0.3) is 0 Å². The fraction of sp³-hybridized carbons (Fsp3) is 0.231. The number of para-hydroxylation sites is 1. The Balaban J connectivity index is 1.72. The highest BCUT2D eigenvalue weighted by Crippen LogP contribution is 2.08. The second-order valence-corrected chi connectivity index (χ2v) is 3.53. The average Bonchev–Trinajstić information content (AvgIpc) is 2.45. The minimum absolute atomic E-state index is 0.555. The van der Waals surface area contributed by atoms with E-state index in [4.69, 9.17) is 9.47 Å². The number of rotatable bonds is 6. The third kappa shape index (κ3) is 3.62. The summed E-state index contributed by atoms with van der Waals surface area (Å²) in [6.45, 7) is 1.20. The van der Waals surface area contributed by atoms with Gasteiger partial charge in [0.15, 0.2) is 5.75 Å². The van der Waals surface area contributed by atoms with E-state index in [-0.39, 0.29) is 0 Å². The van der Waals surface area contributed by atoms with Crippen LogP contribution in [-0.4, -0.2) is 30.2 Å². The van der Waals surface area contributed by atoms with Gasteiger partial charge in [0.2, 0.25) is 5.95 Å². The summed E-state index contributed by atoms with van der Waals surface area (Å²) in [5, 5.41) is 3.06. The van der Waals surface area contributed by atoms with E-state index in [1.54, 1.807) is 19.5 Å². The fourth-order valence-corrected chi connectivity index (χ4v) is 1.36. The first-order valence-electron chi connectivity index (χ1n) is 5.66. The number of nitrogens with zero attached hydrogens (tertiary/aromatic N) is 2. The molecule has 2 aromatic rings. The van der Waals surface area contributed by atoms with E-state index in [1.807, 2.05) is 30.3 Å². The second kappa shape index (κ2) is 6.44. The van der Waals surface area contributed by atoms with Crippen molar-refractivity contribution in [3.8, 4) is 11.5 Å². The second-order valence-electron chi connectivity index (χ2n) is 3.53. The van der Waals surface area contributed by atoms with Crippen LogP contribution in [-0.2, 0) is 0 Å². The van der Waals surface area contributed by atoms with Gasteiger partial charge in [-0.05, 0) is 12.1 Å². The molecule has 1 N–H and O–H groups in total. The molecular weight excluding hydrogens is 230 g/mol. The molecule has 18 heavy (non-hydrogen) atoms. The molecule has 5 nitrogen and oxygen atoms in total. The maximum absolute atomic E-state index is 5.53. The standard InChI is InChI=1S/C13H15N3O2/c1-17-12-9-15-13(16-10-12)14-7-8-18-11-5-3-2-4-6-11/h2-6,9-10H,7-8H2,1H3,(H,14,15,16). The smallest absolute Gasteiger partial charge is 0.222 e. The Morgan fingerprint density at radius 2 is 1.78 bits per heavy atom. The summed E-state index contributed by atoms with van der Waals surface area (Å²) >= 11 is 0. The molecule has 0 atom stereocenters. The van der Waals surface area contributed by atoms with Gasteiger partial charge in [-0.15, -0.1) is 0 Å². The Morgan fingerprint density at radius 3 is 2.44 bits per heavy atom. The van der Waals surface area contributed by atoms with Crippen molar-refractivity contribution in [1.82, 2.24) is 9.97 Å². The third-order valence-corrected chi connectivity index (χ3v) is 2.26. The summed E-state index contributed by atoms with van der Waals surface area (Å²) in [7, 11) is 1.58. The van der Waals surface area contributed by atoms with Crippen LogP contribution in [0.3, 0.4) is 0 Å². The molecule has 0 radical (unpaired) electrons. The first-order valence-corrected chi connectivity index (χ1v) is 5.66. The quantitative estimate of drug-likeness (QED) is 0.788. The number of ether oxygens (including phenoxy) is 2. The largest absolute Gasteiger partial charge is 0.494 e. The zero-order valence-electron chi connectivity index (χ0n) is 10.2. The summed E-state index contributed by atoms with van der Waals surface area (Å²) in [5.41, 5.74) is 0. The first-order chi connectivity index (χ1) is 8.88. The van der Waals surface area contributed by atoms with Crippen LogP contribution in [0.5, 0.6) is 11.5 Å². The van der Waals surface area contributed by atoms with Crippen LogP contribution >= 0.6 is 0 Å². The van der Waals surface area contributed by atoms with Crippen LogP contribution in [0, 0.1) is 0 Å². The highest BCUT2D eigenvalue weighted by atomic mass is 16.5. The molecule has 0 saturated heterocycles. The van der Waals surface area contributed by atoms with E-state index in [0.717, 1.165) is 5.75 Å². The predicted molar refractivity (Wildman–Crippen MR) is 69.0 cm³/mol. The van der Waals surface area contributed by atoms with Crippen molar-refractivity contribution in [3.63, 3.8) is 0 Å². The van der Waals surface area contributed by atoms with E-state index < -0.39 is 0 Å². The summed E-state index contributed by atoms with van der Waals surface area (Å²) in [4.78, 5) is 8.18. The number of anilines is 1. The van der Waals surface area contributed by atoms with Gasteiger partial charge in [-0.2, -0.15) is 0 Å². The van der Waals surface area contributed by atoms with Gasteiger partial charge in [0.25, 0.3) is 0 Å². The maximum Gasteiger partial charge on any atom is 0.222 e. The van der Waals surface area contributed by atoms with Crippen LogP contribution in [0.15, 0.2) is 42.7 Å². The van der Waals surface area contributed by atoms with Crippen LogP contribution in [0.2, 0.25) is 0 Å². The van der Waals surface area contributed by atoms with Gasteiger partial charge in [-0.3, -0.25) is 0 Å². The predicted octanol–water partition coefficient (Wildman–Crippen LogP) is 1.98. The molecule has 2 rings (SSSR count). The van der Waals surface area contributed by atoms with E-state index in [2.05, 4.69) is 15.3 Å². The first kappa shape index (κ1) is 12.2. The van der Waals surface area contributed by atoms with E-state index >= 15 is 0 Å². The number of hydrogen-bond acceptors (Lipinski definition) is 5. The van der Waals surface area contributed by atoms with Crippen molar-refractivity contribution >= 4 is 5.95 Å². The van der Waals surface area contributed by atoms with Crippen molar-refractivity contribution in [2.24, 2.45) is 0 Å². The molecule has 0 fully saturated rings. The van der Waals surface area contributed by atoms with Gasteiger partial charge in [-0.25, -0.2) is 9.97 Å². The molecule has 1 aromatic carbocycles.